The van der Waals surface area contributed by atoms with Crippen molar-refractivity contribution >= 4 is 17.4 Å². The summed E-state index contributed by atoms with van der Waals surface area (Å²) in [5, 5.41) is 7.38. The molecule has 6 nitrogen and oxygen atoms in total. The molecule has 1 saturated carbocycles. The minimum Gasteiger partial charge on any atom is -0.349 e. The summed E-state index contributed by atoms with van der Waals surface area (Å²) in [4.78, 5) is 19.6. The quantitative estimate of drug-likeness (QED) is 0.673. The van der Waals surface area contributed by atoms with Gasteiger partial charge in [-0.15, -0.1) is 0 Å². The molecule has 1 N–H and O–H groups in total. The van der Waals surface area contributed by atoms with Gasteiger partial charge in [0.25, 0.3) is 5.91 Å². The van der Waals surface area contributed by atoms with Crippen molar-refractivity contribution in [1.29, 1.82) is 0 Å². The second-order valence-electron chi connectivity index (χ2n) is 8.44. The molecule has 1 aliphatic carbocycles. The van der Waals surface area contributed by atoms with Gasteiger partial charge in [-0.25, -0.2) is 18.3 Å². The lowest BCUT2D eigenvalue weighted by atomic mass is 9.95. The minimum atomic E-state index is -0.455. The normalized spacial score (nSPS) is 19.8. The van der Waals surface area contributed by atoms with Crippen molar-refractivity contribution in [1.82, 2.24) is 19.9 Å². The minimum absolute atomic E-state index is 0.166. The molecule has 2 fully saturated rings. The van der Waals surface area contributed by atoms with Gasteiger partial charge in [0.05, 0.1) is 12.2 Å². The van der Waals surface area contributed by atoms with Crippen molar-refractivity contribution in [3.63, 3.8) is 0 Å². The second-order valence-corrected chi connectivity index (χ2v) is 8.44. The van der Waals surface area contributed by atoms with Crippen molar-refractivity contribution < 1.29 is 13.6 Å². The fourth-order valence-electron chi connectivity index (χ4n) is 4.82. The zero-order chi connectivity index (χ0) is 21.4. The van der Waals surface area contributed by atoms with Crippen LogP contribution in [0, 0.1) is 11.6 Å². The molecule has 3 aromatic rings. The molecule has 162 valence electrons. The Kier molecular flexibility index (Phi) is 5.29. The van der Waals surface area contributed by atoms with Gasteiger partial charge in [0, 0.05) is 24.3 Å². The van der Waals surface area contributed by atoms with E-state index in [2.05, 4.69) is 10.4 Å². The van der Waals surface area contributed by atoms with Crippen molar-refractivity contribution in [2.24, 2.45) is 0 Å². The molecule has 8 heteroatoms. The number of anilines is 1. The number of hydrogen-bond acceptors (Lipinski definition) is 4. The molecule has 0 radical (unpaired) electrons. The number of carbonyl (C=O) groups is 1. The van der Waals surface area contributed by atoms with E-state index in [9.17, 15) is 13.6 Å². The number of amides is 1. The maximum Gasteiger partial charge on any atom is 0.256 e. The summed E-state index contributed by atoms with van der Waals surface area (Å²) in [6.07, 6.45) is 10.3. The van der Waals surface area contributed by atoms with Crippen LogP contribution in [0.5, 0.6) is 0 Å². The third-order valence-electron chi connectivity index (χ3n) is 6.40. The van der Waals surface area contributed by atoms with E-state index in [0.717, 1.165) is 38.2 Å². The molecule has 31 heavy (non-hydrogen) atoms. The number of nitrogens with zero attached hydrogens (tertiary/aromatic N) is 4. The molecule has 3 heterocycles. The number of fused-ring (bicyclic) bond motifs is 1. The highest BCUT2D eigenvalue weighted by atomic mass is 19.1. The van der Waals surface area contributed by atoms with Gasteiger partial charge in [-0.1, -0.05) is 19.3 Å². The number of rotatable bonds is 4. The highest BCUT2D eigenvalue weighted by Gasteiger charge is 2.30. The standard InChI is InChI=1S/C23H25F2N5O/c24-15-8-9-19(25)17(13-15)20-7-4-11-29(20)21-10-12-30-22(28-21)18(14-26-30)23(31)27-16-5-2-1-3-6-16/h8-10,12-14,16,20H,1-7,11H2,(H,27,31)/t20-/m1/s1. The lowest BCUT2D eigenvalue weighted by molar-refractivity contribution is 0.0929. The van der Waals surface area contributed by atoms with Crippen LogP contribution in [0.3, 0.4) is 0 Å². The summed E-state index contributed by atoms with van der Waals surface area (Å²) in [5.74, 6) is -0.410. The monoisotopic (exact) mass is 425 g/mol. The predicted molar refractivity (Wildman–Crippen MR) is 113 cm³/mol. The summed E-state index contributed by atoms with van der Waals surface area (Å²) in [7, 11) is 0. The van der Waals surface area contributed by atoms with Gasteiger partial charge in [-0.3, -0.25) is 4.79 Å². The van der Waals surface area contributed by atoms with E-state index in [1.54, 1.807) is 16.8 Å². The average Bonchev–Trinajstić information content (AvgIpc) is 3.43. The van der Waals surface area contributed by atoms with Crippen LogP contribution in [0.4, 0.5) is 14.6 Å². The van der Waals surface area contributed by atoms with Gasteiger partial charge in [0.15, 0.2) is 5.65 Å². The lowest BCUT2D eigenvalue weighted by Gasteiger charge is -2.26. The molecule has 1 aliphatic heterocycles. The molecule has 1 aromatic carbocycles. The molecule has 0 bridgehead atoms. The first-order valence-electron chi connectivity index (χ1n) is 11.0. The van der Waals surface area contributed by atoms with Crippen LogP contribution in [0.2, 0.25) is 0 Å². The Balaban J connectivity index is 1.44. The highest BCUT2D eigenvalue weighted by molar-refractivity contribution is 5.99. The zero-order valence-corrected chi connectivity index (χ0v) is 17.2. The van der Waals surface area contributed by atoms with Gasteiger partial charge in [0.2, 0.25) is 0 Å². The summed E-state index contributed by atoms with van der Waals surface area (Å²) < 4.78 is 29.8. The lowest BCUT2D eigenvalue weighted by Crippen LogP contribution is -2.36. The summed E-state index contributed by atoms with van der Waals surface area (Å²) in [6.45, 7) is 0.682. The molecule has 0 unspecified atom stereocenters. The van der Waals surface area contributed by atoms with E-state index in [0.29, 0.717) is 35.6 Å². The van der Waals surface area contributed by atoms with E-state index in [1.807, 2.05) is 4.90 Å². The third kappa shape index (κ3) is 3.86. The van der Waals surface area contributed by atoms with Gasteiger partial charge in [-0.2, -0.15) is 5.10 Å². The van der Waals surface area contributed by atoms with Crippen LogP contribution < -0.4 is 10.2 Å². The summed E-state index contributed by atoms with van der Waals surface area (Å²) >= 11 is 0. The second kappa shape index (κ2) is 8.24. The average molecular weight is 425 g/mol. The number of carbonyl (C=O) groups excluding carboxylic acids is 1. The van der Waals surface area contributed by atoms with Gasteiger partial charge >= 0.3 is 0 Å². The fraction of sp³-hybridized carbons (Fsp3) is 0.435. The predicted octanol–water partition coefficient (Wildman–Crippen LogP) is 4.41. The summed E-state index contributed by atoms with van der Waals surface area (Å²) in [5.41, 5.74) is 1.24. The van der Waals surface area contributed by atoms with Crippen molar-refractivity contribution in [2.75, 3.05) is 11.4 Å². The van der Waals surface area contributed by atoms with E-state index >= 15 is 0 Å². The van der Waals surface area contributed by atoms with E-state index in [1.165, 1.54) is 24.8 Å². The first-order valence-corrected chi connectivity index (χ1v) is 11.0. The topological polar surface area (TPSA) is 62.5 Å². The molecule has 1 saturated heterocycles. The molecule has 5 rings (SSSR count). The molecule has 0 spiro atoms. The number of aromatic nitrogens is 3. The molecular weight excluding hydrogens is 400 g/mol. The highest BCUT2D eigenvalue weighted by Crippen LogP contribution is 2.36. The Labute approximate surface area is 179 Å². The van der Waals surface area contributed by atoms with Crippen molar-refractivity contribution in [3.8, 4) is 0 Å². The molecule has 1 amide bonds. The van der Waals surface area contributed by atoms with Gasteiger partial charge in [0.1, 0.15) is 23.0 Å². The van der Waals surface area contributed by atoms with Crippen molar-refractivity contribution in [3.05, 3.63) is 59.4 Å². The number of hydrogen-bond donors (Lipinski definition) is 1. The third-order valence-corrected chi connectivity index (χ3v) is 6.40. The van der Waals surface area contributed by atoms with Crippen LogP contribution in [-0.2, 0) is 0 Å². The Morgan fingerprint density at radius 1 is 1.06 bits per heavy atom. The van der Waals surface area contributed by atoms with Crippen LogP contribution in [0.25, 0.3) is 5.65 Å². The zero-order valence-electron chi connectivity index (χ0n) is 17.2. The molecule has 2 aromatic heterocycles. The Hall–Kier alpha value is -3.03. The maximum atomic E-state index is 14.4. The van der Waals surface area contributed by atoms with Crippen LogP contribution >= 0.6 is 0 Å². The smallest absolute Gasteiger partial charge is 0.256 e. The first kappa shape index (κ1) is 19.9. The van der Waals surface area contributed by atoms with Crippen LogP contribution in [0.15, 0.2) is 36.7 Å². The van der Waals surface area contributed by atoms with Crippen LogP contribution in [0.1, 0.15) is 66.9 Å². The van der Waals surface area contributed by atoms with Gasteiger partial charge < -0.3 is 10.2 Å². The van der Waals surface area contributed by atoms with Crippen molar-refractivity contribution in [2.45, 2.75) is 57.0 Å². The van der Waals surface area contributed by atoms with Gasteiger partial charge in [-0.05, 0) is 49.9 Å². The van der Waals surface area contributed by atoms with E-state index in [-0.39, 0.29) is 18.0 Å². The molecule has 2 aliphatic rings. The van der Waals surface area contributed by atoms with Crippen LogP contribution in [-0.4, -0.2) is 33.1 Å². The number of benzene rings is 1. The Morgan fingerprint density at radius 2 is 1.90 bits per heavy atom. The molecular formula is C23H25F2N5O. The number of halogens is 2. The Morgan fingerprint density at radius 3 is 2.74 bits per heavy atom. The molecule has 1 atom stereocenters. The summed E-state index contributed by atoms with van der Waals surface area (Å²) in [6, 6.07) is 5.26. The van der Waals surface area contributed by atoms with E-state index < -0.39 is 11.6 Å². The maximum absolute atomic E-state index is 14.4. The number of nitrogens with one attached hydrogen (secondary N) is 1. The van der Waals surface area contributed by atoms with E-state index in [4.69, 9.17) is 4.98 Å². The largest absolute Gasteiger partial charge is 0.349 e. The Bertz CT molecular complexity index is 1110. The fourth-order valence-corrected chi connectivity index (χ4v) is 4.82. The SMILES string of the molecule is O=C(NC1CCCCC1)c1cnn2ccc(N3CCC[C@@H]3c3cc(F)ccc3F)nc12. The first-order chi connectivity index (χ1) is 15.1.